The third-order valence-corrected chi connectivity index (χ3v) is 13.2. The molecule has 0 aromatic heterocycles. The van der Waals surface area contributed by atoms with Gasteiger partial charge in [0, 0.05) is 44.2 Å². The number of ether oxygens (including phenoxy) is 6. The molecule has 0 unspecified atom stereocenters. The van der Waals surface area contributed by atoms with Crippen LogP contribution in [0.2, 0.25) is 0 Å². The Balaban J connectivity index is 1.50. The van der Waals surface area contributed by atoms with Crippen LogP contribution in [0.15, 0.2) is 65.9 Å². The number of nitrogens with one attached hydrogen (secondary N) is 1. The zero-order chi connectivity index (χ0) is 46.6. The Morgan fingerprint density at radius 3 is 2.25 bits per heavy atom. The number of hydrogen-bond donors (Lipinski definition) is 3. The summed E-state index contributed by atoms with van der Waals surface area (Å²) in [7, 11) is 6.30. The van der Waals surface area contributed by atoms with Crippen molar-refractivity contribution in [2.24, 2.45) is 22.9 Å². The van der Waals surface area contributed by atoms with E-state index < -0.39 is 29.9 Å². The van der Waals surface area contributed by atoms with Crippen molar-refractivity contribution < 1.29 is 53.1 Å². The molecule has 360 valence electrons. The molecular formula is C51H75N3O11. The molecule has 5 rings (SSSR count). The number of nitrogens with zero attached hydrogens (tertiary/aromatic N) is 2. The number of benzene rings is 2. The van der Waals surface area contributed by atoms with E-state index in [9.17, 15) is 19.8 Å². The molecule has 0 spiro atoms. The molecule has 0 radical (unpaired) electrons. The Morgan fingerprint density at radius 1 is 0.892 bits per heavy atom. The van der Waals surface area contributed by atoms with Crippen LogP contribution in [-0.4, -0.2) is 99.6 Å². The number of rotatable bonds is 28. The zero-order valence-electron chi connectivity index (χ0n) is 39.5. The first-order valence-electron chi connectivity index (χ1n) is 23.9. The minimum atomic E-state index is -1.43. The number of anilines is 1. The molecule has 1 aliphatic heterocycles. The summed E-state index contributed by atoms with van der Waals surface area (Å²) in [5.74, 6) is -0.393. The predicted octanol–water partition coefficient (Wildman–Crippen LogP) is 10.6. The molecule has 1 fully saturated rings. The summed E-state index contributed by atoms with van der Waals surface area (Å²) in [6.45, 7) is 6.81. The van der Waals surface area contributed by atoms with Crippen LogP contribution >= 0.6 is 0 Å². The molecule has 14 heteroatoms. The van der Waals surface area contributed by atoms with Crippen molar-refractivity contribution in [3.63, 3.8) is 0 Å². The Kier molecular flexibility index (Phi) is 20.8. The predicted molar refractivity (Wildman–Crippen MR) is 252 cm³/mol. The van der Waals surface area contributed by atoms with E-state index in [0.29, 0.717) is 53.8 Å². The van der Waals surface area contributed by atoms with Crippen LogP contribution in [-0.2, 0) is 14.3 Å². The van der Waals surface area contributed by atoms with Gasteiger partial charge in [-0.2, -0.15) is 0 Å². The van der Waals surface area contributed by atoms with E-state index in [4.69, 9.17) is 33.3 Å². The van der Waals surface area contributed by atoms with E-state index in [1.165, 1.54) is 59.2 Å². The molecule has 65 heavy (non-hydrogen) atoms. The minimum absolute atomic E-state index is 0.00729. The highest BCUT2D eigenvalue weighted by atomic mass is 16.7. The lowest BCUT2D eigenvalue weighted by Gasteiger charge is -2.59. The Hall–Kier alpha value is -4.79. The average Bonchev–Trinajstić information content (AvgIpc) is 3.31. The lowest BCUT2D eigenvalue weighted by molar-refractivity contribution is -0.253. The minimum Gasteiger partial charge on any atom is -0.497 e. The van der Waals surface area contributed by atoms with Crippen LogP contribution in [0.1, 0.15) is 128 Å². The van der Waals surface area contributed by atoms with Crippen LogP contribution in [0.5, 0.6) is 23.0 Å². The molecule has 3 N–H and O–H groups in total. The highest BCUT2D eigenvalue weighted by Gasteiger charge is 2.65. The maximum atomic E-state index is 14.1. The van der Waals surface area contributed by atoms with E-state index in [-0.39, 0.29) is 44.0 Å². The highest BCUT2D eigenvalue weighted by molar-refractivity contribution is 6.03. The summed E-state index contributed by atoms with van der Waals surface area (Å²) in [6, 6.07) is 9.69. The van der Waals surface area contributed by atoms with Gasteiger partial charge >= 0.3 is 12.2 Å². The standard InChI is InChI=1S/C51H75N3O11/c1-7-9-10-11-12-13-14-15-16-21-31-62-50(58)54(3)46-35-43(53-61-6)40-32-36(22-17-19-28-55)39(23-18-20-29-56)47-41-33-38(25-27-44(41)65-51(46,48(40)47)63-30-8-2)64-49(57)52-42-26-24-37(59-4)34-45(42)60-5/h8,24-27,32-34,36,39,46-48,55-56H,2,7,9-23,28-31,35H2,1,3-6H3,(H,52,57)/t36-,39+,46-,47+,48+,51+/m0/s1. The molecule has 2 aromatic carbocycles. The number of unbranched alkanes of at least 4 members (excludes halogenated alkanes) is 11. The third kappa shape index (κ3) is 13.2. The van der Waals surface area contributed by atoms with Crippen LogP contribution < -0.4 is 24.3 Å². The number of allylic oxidation sites excluding steroid dienone is 1. The first kappa shape index (κ1) is 51.2. The maximum absolute atomic E-state index is 14.1. The summed E-state index contributed by atoms with van der Waals surface area (Å²) < 4.78 is 36.8. The lowest BCUT2D eigenvalue weighted by atomic mass is 9.55. The largest absolute Gasteiger partial charge is 0.497 e. The van der Waals surface area contributed by atoms with E-state index >= 15 is 0 Å². The number of aliphatic hydroxyl groups excluding tert-OH is 2. The maximum Gasteiger partial charge on any atom is 0.417 e. The summed E-state index contributed by atoms with van der Waals surface area (Å²) in [4.78, 5) is 34.7. The number of aliphatic hydroxyl groups is 2. The van der Waals surface area contributed by atoms with Crippen LogP contribution in [0, 0.1) is 17.8 Å². The number of carbonyl (C=O) groups excluding carboxylic acids is 2. The van der Waals surface area contributed by atoms with E-state index in [2.05, 4.69) is 30.1 Å². The van der Waals surface area contributed by atoms with Crippen molar-refractivity contribution in [1.82, 2.24) is 4.90 Å². The number of likely N-dealkylation sites (N-methyl/N-ethyl adjacent to an activating group) is 1. The van der Waals surface area contributed by atoms with Crippen molar-refractivity contribution in [3.05, 3.63) is 66.3 Å². The second-order valence-corrected chi connectivity index (χ2v) is 17.4. The topological polar surface area (TPSA) is 167 Å². The molecule has 0 saturated heterocycles. The summed E-state index contributed by atoms with van der Waals surface area (Å²) in [6.07, 6.45) is 19.2. The molecule has 6 atom stereocenters. The number of methoxy groups -OCH3 is 2. The van der Waals surface area contributed by atoms with Gasteiger partial charge in [0.25, 0.3) is 0 Å². The van der Waals surface area contributed by atoms with Crippen molar-refractivity contribution in [2.75, 3.05) is 60.1 Å². The fourth-order valence-corrected chi connectivity index (χ4v) is 10.0. The molecule has 1 heterocycles. The quantitative estimate of drug-likeness (QED) is 0.0422. The third-order valence-electron chi connectivity index (χ3n) is 13.2. The number of carbonyl (C=O) groups is 2. The molecule has 2 amide bonds. The van der Waals surface area contributed by atoms with Crippen molar-refractivity contribution in [2.45, 2.75) is 134 Å². The van der Waals surface area contributed by atoms with E-state index in [0.717, 1.165) is 56.1 Å². The SMILES string of the molecule is C=CCO[C@@]12Oc3ccc(OC(=O)Nc4ccc(OC)cc4OC)cc3[C@H]3[C@H](CCCCO)[C@@H](CCCCO)C=C(C(=NOC)C[C@@H]1N(C)C(=O)OCCCCCCCCCCCC)[C@H]32. The van der Waals surface area contributed by atoms with Gasteiger partial charge in [0.05, 0.1) is 44.8 Å². The fourth-order valence-electron chi connectivity index (χ4n) is 10.0. The number of fused-ring (bicyclic) bond motifs is 2. The Labute approximate surface area is 386 Å². The molecule has 1 saturated carbocycles. The second kappa shape index (κ2) is 26.4. The van der Waals surface area contributed by atoms with Gasteiger partial charge in [-0.25, -0.2) is 9.59 Å². The first-order valence-corrected chi connectivity index (χ1v) is 23.9. The van der Waals surface area contributed by atoms with Crippen molar-refractivity contribution >= 4 is 23.6 Å². The first-order chi connectivity index (χ1) is 31.7. The van der Waals surface area contributed by atoms with Gasteiger partial charge in [0.2, 0.25) is 5.79 Å². The van der Waals surface area contributed by atoms with Crippen molar-refractivity contribution in [3.8, 4) is 23.0 Å². The van der Waals surface area contributed by atoms with E-state index in [1.807, 2.05) is 6.07 Å². The van der Waals surface area contributed by atoms with Gasteiger partial charge in [0.15, 0.2) is 0 Å². The van der Waals surface area contributed by atoms with Gasteiger partial charge < -0.3 is 48.4 Å². The average molecular weight is 906 g/mol. The normalized spacial score (nSPS) is 22.4. The lowest BCUT2D eigenvalue weighted by Crippen LogP contribution is -2.69. The smallest absolute Gasteiger partial charge is 0.417 e. The van der Waals surface area contributed by atoms with Gasteiger partial charge in [-0.05, 0) is 79.8 Å². The molecule has 3 aliphatic rings. The van der Waals surface area contributed by atoms with Gasteiger partial charge in [0.1, 0.15) is 36.1 Å². The van der Waals surface area contributed by atoms with Gasteiger partial charge in [-0.3, -0.25) is 5.32 Å². The summed E-state index contributed by atoms with van der Waals surface area (Å²) in [5.41, 5.74) is 2.80. The summed E-state index contributed by atoms with van der Waals surface area (Å²) >= 11 is 0. The molecular weight excluding hydrogens is 831 g/mol. The van der Waals surface area contributed by atoms with Gasteiger partial charge in [-0.15, -0.1) is 6.58 Å². The van der Waals surface area contributed by atoms with Crippen LogP contribution in [0.4, 0.5) is 15.3 Å². The monoisotopic (exact) mass is 906 g/mol. The van der Waals surface area contributed by atoms with Crippen LogP contribution in [0.25, 0.3) is 0 Å². The number of hydrogen-bond acceptors (Lipinski definition) is 12. The van der Waals surface area contributed by atoms with Crippen molar-refractivity contribution in [1.29, 1.82) is 0 Å². The summed E-state index contributed by atoms with van der Waals surface area (Å²) in [5, 5.41) is 27.2. The number of oxime groups is 1. The Morgan fingerprint density at radius 2 is 1.58 bits per heavy atom. The second-order valence-electron chi connectivity index (χ2n) is 17.4. The molecule has 14 nitrogen and oxygen atoms in total. The highest BCUT2D eigenvalue weighted by Crippen LogP contribution is 2.62. The fraction of sp³-hybridized carbons (Fsp3) is 0.627. The van der Waals surface area contributed by atoms with Crippen LogP contribution in [0.3, 0.4) is 0 Å². The molecule has 2 aliphatic carbocycles. The Bertz CT molecular complexity index is 1890. The molecule has 2 aromatic rings. The van der Waals surface area contributed by atoms with E-state index in [1.54, 1.807) is 55.5 Å². The van der Waals surface area contributed by atoms with Gasteiger partial charge in [-0.1, -0.05) is 94.9 Å². The number of amides is 2. The zero-order valence-corrected chi connectivity index (χ0v) is 39.5. The molecule has 0 bridgehead atoms.